The van der Waals surface area contributed by atoms with Gasteiger partial charge in [0.1, 0.15) is 24.4 Å². The molecule has 1 aromatic rings. The second-order valence-corrected chi connectivity index (χ2v) is 6.44. The third kappa shape index (κ3) is 4.21. The van der Waals surface area contributed by atoms with Gasteiger partial charge in [0.2, 0.25) is 5.91 Å². The predicted molar refractivity (Wildman–Crippen MR) is 89.2 cm³/mol. The molecule has 2 aliphatic rings. The molecule has 8 nitrogen and oxygen atoms in total. The van der Waals surface area contributed by atoms with Crippen LogP contribution in [-0.4, -0.2) is 60.3 Å². The van der Waals surface area contributed by atoms with E-state index in [0.29, 0.717) is 13.2 Å². The molecule has 142 valence electrons. The zero-order chi connectivity index (χ0) is 18.7. The smallest absolute Gasteiger partial charge is 0.332 e. The Balaban J connectivity index is 1.79. The van der Waals surface area contributed by atoms with Crippen molar-refractivity contribution in [2.75, 3.05) is 6.61 Å². The summed E-state index contributed by atoms with van der Waals surface area (Å²) in [6.07, 6.45) is -3.42. The Kier molecular flexibility index (Phi) is 5.87. The third-order valence-electron chi connectivity index (χ3n) is 4.44. The number of benzene rings is 1. The maximum absolute atomic E-state index is 11.6. The van der Waals surface area contributed by atoms with E-state index in [1.54, 1.807) is 0 Å². The first kappa shape index (κ1) is 18.8. The number of carboxylic acid groups (broad SMARTS) is 1. The van der Waals surface area contributed by atoms with Gasteiger partial charge in [-0.05, 0) is 12.5 Å². The Hall–Kier alpha value is -2.00. The van der Waals surface area contributed by atoms with Crippen molar-refractivity contribution >= 4 is 11.9 Å². The largest absolute Gasteiger partial charge is 0.479 e. The van der Waals surface area contributed by atoms with Gasteiger partial charge in [0, 0.05) is 6.92 Å². The van der Waals surface area contributed by atoms with Crippen LogP contribution in [0.5, 0.6) is 0 Å². The molecular formula is C18H23NO7. The highest BCUT2D eigenvalue weighted by Gasteiger charge is 2.53. The molecule has 1 amide bonds. The van der Waals surface area contributed by atoms with Crippen LogP contribution in [0.25, 0.3) is 0 Å². The van der Waals surface area contributed by atoms with Crippen LogP contribution in [0.15, 0.2) is 30.3 Å². The van der Waals surface area contributed by atoms with Gasteiger partial charge in [-0.2, -0.15) is 0 Å². The van der Waals surface area contributed by atoms with Crippen molar-refractivity contribution in [1.29, 1.82) is 0 Å². The molecule has 2 N–H and O–H groups in total. The molecule has 8 heteroatoms. The van der Waals surface area contributed by atoms with Crippen LogP contribution in [0.2, 0.25) is 0 Å². The first-order valence-electron chi connectivity index (χ1n) is 8.53. The van der Waals surface area contributed by atoms with Gasteiger partial charge >= 0.3 is 5.97 Å². The molecular weight excluding hydrogens is 342 g/mol. The van der Waals surface area contributed by atoms with Crippen LogP contribution in [0.1, 0.15) is 19.4 Å². The van der Waals surface area contributed by atoms with Crippen LogP contribution < -0.4 is 5.32 Å². The predicted octanol–water partition coefficient (Wildman–Crippen LogP) is 0.690. The molecule has 2 saturated heterocycles. The van der Waals surface area contributed by atoms with Crippen molar-refractivity contribution in [2.45, 2.75) is 57.2 Å². The quantitative estimate of drug-likeness (QED) is 0.733. The molecule has 0 aromatic heterocycles. The normalized spacial score (nSPS) is 31.4. The fraction of sp³-hybridized carbons (Fsp3) is 0.556. The zero-order valence-electron chi connectivity index (χ0n) is 14.7. The van der Waals surface area contributed by atoms with Crippen molar-refractivity contribution in [3.05, 3.63) is 35.9 Å². The van der Waals surface area contributed by atoms with Crippen molar-refractivity contribution in [3.8, 4) is 0 Å². The van der Waals surface area contributed by atoms with E-state index in [1.165, 1.54) is 13.8 Å². The number of nitrogens with one attached hydrogen (secondary N) is 1. The Bertz CT molecular complexity index is 638. The highest BCUT2D eigenvalue weighted by molar-refractivity contribution is 5.73. The number of ether oxygens (including phenoxy) is 4. The molecule has 2 heterocycles. The second-order valence-electron chi connectivity index (χ2n) is 6.44. The first-order valence-corrected chi connectivity index (χ1v) is 8.53. The lowest BCUT2D eigenvalue weighted by molar-refractivity contribution is -0.226. The van der Waals surface area contributed by atoms with Crippen LogP contribution in [0.4, 0.5) is 0 Å². The number of fused-ring (bicyclic) bond motifs is 2. The molecule has 3 rings (SSSR count). The van der Waals surface area contributed by atoms with Gasteiger partial charge < -0.3 is 29.4 Å². The van der Waals surface area contributed by atoms with Gasteiger partial charge in [-0.3, -0.25) is 4.79 Å². The maximum atomic E-state index is 11.6. The lowest BCUT2D eigenvalue weighted by Crippen LogP contribution is -2.62. The minimum atomic E-state index is -1.09. The van der Waals surface area contributed by atoms with Gasteiger partial charge in [0.15, 0.2) is 12.4 Å². The molecule has 26 heavy (non-hydrogen) atoms. The molecule has 0 unspecified atom stereocenters. The molecule has 0 saturated carbocycles. The summed E-state index contributed by atoms with van der Waals surface area (Å²) < 4.78 is 23.2. The van der Waals surface area contributed by atoms with Crippen LogP contribution >= 0.6 is 0 Å². The van der Waals surface area contributed by atoms with Crippen LogP contribution in [-0.2, 0) is 35.1 Å². The molecule has 0 spiro atoms. The van der Waals surface area contributed by atoms with Crippen LogP contribution in [0.3, 0.4) is 0 Å². The number of hydrogen-bond acceptors (Lipinski definition) is 6. The fourth-order valence-electron chi connectivity index (χ4n) is 3.18. The highest BCUT2D eigenvalue weighted by atomic mass is 16.7. The SMILES string of the molecule is CC(=O)N[C@H]1[C@@H]2OC[C@@H](O2)[C@@H](OCc2ccccc2)[C@H]1O[C@H](C)C(=O)O. The minimum absolute atomic E-state index is 0.286. The monoisotopic (exact) mass is 365 g/mol. The summed E-state index contributed by atoms with van der Waals surface area (Å²) in [5, 5.41) is 12.0. The molecule has 1 aromatic carbocycles. The van der Waals surface area contributed by atoms with E-state index in [4.69, 9.17) is 18.9 Å². The molecule has 2 fully saturated rings. The summed E-state index contributed by atoms with van der Waals surface area (Å²) in [6, 6.07) is 8.93. The van der Waals surface area contributed by atoms with E-state index in [9.17, 15) is 14.7 Å². The fourth-order valence-corrected chi connectivity index (χ4v) is 3.18. The Morgan fingerprint density at radius 1 is 1.31 bits per heavy atom. The number of rotatable bonds is 7. The summed E-state index contributed by atoms with van der Waals surface area (Å²) in [6.45, 7) is 3.42. The van der Waals surface area contributed by atoms with Gasteiger partial charge in [-0.1, -0.05) is 30.3 Å². The third-order valence-corrected chi connectivity index (χ3v) is 4.44. The number of carbonyl (C=O) groups is 2. The number of amides is 1. The van der Waals surface area contributed by atoms with Crippen molar-refractivity contribution < 1.29 is 33.6 Å². The summed E-state index contributed by atoms with van der Waals surface area (Å²) >= 11 is 0. The summed E-state index contributed by atoms with van der Waals surface area (Å²) in [5.74, 6) is -1.38. The van der Waals surface area contributed by atoms with Crippen LogP contribution in [0, 0.1) is 0 Å². The topological polar surface area (TPSA) is 103 Å². The second kappa shape index (κ2) is 8.13. The van der Waals surface area contributed by atoms with E-state index in [1.807, 2.05) is 30.3 Å². The number of carboxylic acids is 1. The molecule has 0 aliphatic carbocycles. The van der Waals surface area contributed by atoms with E-state index in [2.05, 4.69) is 5.32 Å². The molecule has 0 radical (unpaired) electrons. The minimum Gasteiger partial charge on any atom is -0.479 e. The van der Waals surface area contributed by atoms with Crippen molar-refractivity contribution in [2.24, 2.45) is 0 Å². The molecule has 6 atom stereocenters. The first-order chi connectivity index (χ1) is 12.5. The summed E-state index contributed by atoms with van der Waals surface area (Å²) in [7, 11) is 0. The lowest BCUT2D eigenvalue weighted by atomic mass is 9.97. The number of carbonyl (C=O) groups excluding carboxylic acids is 1. The maximum Gasteiger partial charge on any atom is 0.332 e. The van der Waals surface area contributed by atoms with Gasteiger partial charge in [0.25, 0.3) is 0 Å². The van der Waals surface area contributed by atoms with Gasteiger partial charge in [-0.15, -0.1) is 0 Å². The summed E-state index contributed by atoms with van der Waals surface area (Å²) in [5.41, 5.74) is 0.967. The van der Waals surface area contributed by atoms with Gasteiger partial charge in [-0.25, -0.2) is 4.79 Å². The summed E-state index contributed by atoms with van der Waals surface area (Å²) in [4.78, 5) is 22.9. The highest BCUT2D eigenvalue weighted by Crippen LogP contribution is 2.33. The standard InChI is InChI=1S/C18H23NO7/c1-10(17(21)22)25-16-14(19-11(2)20)18-24-9-13(26-18)15(16)23-8-12-6-4-3-5-7-12/h3-7,10,13-16,18H,8-9H2,1-2H3,(H,19,20)(H,21,22)/t10-,13-,14-,15-,16+,18-/m1/s1. The van der Waals surface area contributed by atoms with Crippen molar-refractivity contribution in [3.63, 3.8) is 0 Å². The lowest BCUT2D eigenvalue weighted by Gasteiger charge is -2.41. The number of hydrogen-bond donors (Lipinski definition) is 2. The van der Waals surface area contributed by atoms with E-state index >= 15 is 0 Å². The average Bonchev–Trinajstić information content (AvgIpc) is 3.04. The Morgan fingerprint density at radius 3 is 2.69 bits per heavy atom. The average molecular weight is 365 g/mol. The van der Waals surface area contributed by atoms with Crippen molar-refractivity contribution in [1.82, 2.24) is 5.32 Å². The van der Waals surface area contributed by atoms with E-state index in [0.717, 1.165) is 5.56 Å². The Labute approximate surface area is 151 Å². The number of aliphatic carboxylic acids is 1. The molecule has 2 aliphatic heterocycles. The van der Waals surface area contributed by atoms with Gasteiger partial charge in [0.05, 0.1) is 13.2 Å². The van der Waals surface area contributed by atoms with E-state index in [-0.39, 0.29) is 12.0 Å². The molecule has 2 bridgehead atoms. The van der Waals surface area contributed by atoms with E-state index < -0.39 is 36.6 Å². The Morgan fingerprint density at radius 2 is 2.04 bits per heavy atom. The zero-order valence-corrected chi connectivity index (χ0v) is 14.7.